The highest BCUT2D eigenvalue weighted by molar-refractivity contribution is 5.63. The molecule has 0 aliphatic heterocycles. The molecule has 0 aliphatic carbocycles. The summed E-state index contributed by atoms with van der Waals surface area (Å²) in [6.07, 6.45) is 0.749. The first-order chi connectivity index (χ1) is 11.2. The van der Waals surface area contributed by atoms with E-state index in [1.165, 1.54) is 0 Å². The standard InChI is InChI=1S/C17H23N3O3/c1-3-22-14(23-4-2)11-10-13-15(12-8-6-5-7-9-12)19-17(18)20-16(13)21/h5-9,14H,3-4,10-11H2,1-2H3,(H3,18,19,20,21). The first-order valence-electron chi connectivity index (χ1n) is 7.83. The minimum atomic E-state index is -0.328. The predicted molar refractivity (Wildman–Crippen MR) is 90.1 cm³/mol. The highest BCUT2D eigenvalue weighted by Gasteiger charge is 2.16. The van der Waals surface area contributed by atoms with Crippen LogP contribution >= 0.6 is 0 Å². The summed E-state index contributed by atoms with van der Waals surface area (Å²) in [4.78, 5) is 19.2. The van der Waals surface area contributed by atoms with E-state index in [4.69, 9.17) is 15.2 Å². The molecule has 0 bridgehead atoms. The van der Waals surface area contributed by atoms with Gasteiger partial charge < -0.3 is 15.2 Å². The average Bonchev–Trinajstić information content (AvgIpc) is 2.54. The van der Waals surface area contributed by atoms with Gasteiger partial charge in [-0.15, -0.1) is 0 Å². The summed E-state index contributed by atoms with van der Waals surface area (Å²) in [6, 6.07) is 9.54. The maximum Gasteiger partial charge on any atom is 0.256 e. The summed E-state index contributed by atoms with van der Waals surface area (Å²) >= 11 is 0. The molecule has 2 aromatic rings. The number of ether oxygens (including phenoxy) is 2. The number of H-pyrrole nitrogens is 1. The third-order valence-electron chi connectivity index (χ3n) is 3.42. The highest BCUT2D eigenvalue weighted by atomic mass is 16.7. The number of nitrogens with zero attached hydrogens (tertiary/aromatic N) is 1. The summed E-state index contributed by atoms with van der Waals surface area (Å²) in [5.74, 6) is 0.115. The minimum absolute atomic E-state index is 0.115. The van der Waals surface area contributed by atoms with Gasteiger partial charge in [-0.25, -0.2) is 4.98 Å². The number of nitrogens with two attached hydrogens (primary N) is 1. The molecule has 0 saturated heterocycles. The third-order valence-corrected chi connectivity index (χ3v) is 3.42. The Labute approximate surface area is 135 Å². The van der Waals surface area contributed by atoms with E-state index in [-0.39, 0.29) is 17.8 Å². The van der Waals surface area contributed by atoms with Crippen LogP contribution in [0, 0.1) is 0 Å². The number of benzene rings is 1. The first kappa shape index (κ1) is 17.2. The fourth-order valence-corrected chi connectivity index (χ4v) is 2.43. The van der Waals surface area contributed by atoms with E-state index in [1.807, 2.05) is 44.2 Å². The molecule has 0 spiro atoms. The molecule has 0 atom stereocenters. The molecule has 0 amide bonds. The molecular weight excluding hydrogens is 294 g/mol. The Morgan fingerprint density at radius 1 is 1.17 bits per heavy atom. The lowest BCUT2D eigenvalue weighted by Gasteiger charge is -2.17. The Bertz CT molecular complexity index is 665. The molecule has 0 radical (unpaired) electrons. The van der Waals surface area contributed by atoms with E-state index in [1.54, 1.807) is 0 Å². The summed E-state index contributed by atoms with van der Waals surface area (Å²) in [5.41, 5.74) is 7.55. The zero-order valence-corrected chi connectivity index (χ0v) is 13.5. The van der Waals surface area contributed by atoms with E-state index in [0.29, 0.717) is 37.3 Å². The normalized spacial score (nSPS) is 11.1. The van der Waals surface area contributed by atoms with Gasteiger partial charge in [-0.05, 0) is 20.3 Å². The van der Waals surface area contributed by atoms with E-state index >= 15 is 0 Å². The van der Waals surface area contributed by atoms with Crippen molar-refractivity contribution in [1.29, 1.82) is 0 Å². The molecule has 6 heteroatoms. The molecule has 23 heavy (non-hydrogen) atoms. The molecule has 0 aliphatic rings. The van der Waals surface area contributed by atoms with Crippen molar-refractivity contribution in [2.24, 2.45) is 0 Å². The Morgan fingerprint density at radius 2 is 1.83 bits per heavy atom. The van der Waals surface area contributed by atoms with E-state index in [9.17, 15) is 4.79 Å². The van der Waals surface area contributed by atoms with Crippen LogP contribution in [0.1, 0.15) is 25.8 Å². The number of hydrogen-bond acceptors (Lipinski definition) is 5. The zero-order valence-electron chi connectivity index (χ0n) is 13.5. The monoisotopic (exact) mass is 317 g/mol. The van der Waals surface area contributed by atoms with Gasteiger partial charge in [-0.1, -0.05) is 30.3 Å². The number of rotatable bonds is 8. The predicted octanol–water partition coefficient (Wildman–Crippen LogP) is 2.35. The molecular formula is C17H23N3O3. The Balaban J connectivity index is 2.29. The van der Waals surface area contributed by atoms with E-state index in [2.05, 4.69) is 9.97 Å². The highest BCUT2D eigenvalue weighted by Crippen LogP contribution is 2.21. The molecule has 124 valence electrons. The van der Waals surface area contributed by atoms with Crippen molar-refractivity contribution < 1.29 is 9.47 Å². The largest absolute Gasteiger partial charge is 0.369 e. The van der Waals surface area contributed by atoms with Crippen LogP contribution in [0.3, 0.4) is 0 Å². The lowest BCUT2D eigenvalue weighted by molar-refractivity contribution is -0.139. The number of aromatic nitrogens is 2. The van der Waals surface area contributed by atoms with Crippen molar-refractivity contribution >= 4 is 5.95 Å². The SMILES string of the molecule is CCOC(CCc1c(-c2ccccc2)nc(N)[nH]c1=O)OCC. The van der Waals surface area contributed by atoms with Crippen LogP contribution in [0.5, 0.6) is 0 Å². The summed E-state index contributed by atoms with van der Waals surface area (Å²) in [5, 5.41) is 0. The van der Waals surface area contributed by atoms with Gasteiger partial charge in [0.2, 0.25) is 5.95 Å². The molecule has 0 unspecified atom stereocenters. The Hall–Kier alpha value is -2.18. The summed E-state index contributed by atoms with van der Waals surface area (Å²) in [7, 11) is 0. The van der Waals surface area contributed by atoms with Gasteiger partial charge in [0, 0.05) is 30.8 Å². The van der Waals surface area contributed by atoms with Crippen molar-refractivity contribution in [1.82, 2.24) is 9.97 Å². The first-order valence-corrected chi connectivity index (χ1v) is 7.83. The average molecular weight is 317 g/mol. The summed E-state index contributed by atoms with van der Waals surface area (Å²) in [6.45, 7) is 4.96. The topological polar surface area (TPSA) is 90.2 Å². The number of nitrogens with one attached hydrogen (secondary N) is 1. The molecule has 0 fully saturated rings. The molecule has 1 aromatic carbocycles. The maximum atomic E-state index is 12.3. The van der Waals surface area contributed by atoms with Crippen molar-refractivity contribution in [3.05, 3.63) is 46.2 Å². The van der Waals surface area contributed by atoms with Gasteiger partial charge in [0.05, 0.1) is 5.69 Å². The molecule has 6 nitrogen and oxygen atoms in total. The van der Waals surface area contributed by atoms with Crippen LogP contribution in [0.15, 0.2) is 35.1 Å². The van der Waals surface area contributed by atoms with Gasteiger partial charge >= 0.3 is 0 Å². The van der Waals surface area contributed by atoms with Crippen LogP contribution < -0.4 is 11.3 Å². The van der Waals surface area contributed by atoms with Crippen LogP contribution in [0.2, 0.25) is 0 Å². The lowest BCUT2D eigenvalue weighted by Crippen LogP contribution is -2.22. The van der Waals surface area contributed by atoms with Crippen LogP contribution in [0.4, 0.5) is 5.95 Å². The Kier molecular flexibility index (Phi) is 6.31. The van der Waals surface area contributed by atoms with Crippen LogP contribution in [0.25, 0.3) is 11.3 Å². The van der Waals surface area contributed by atoms with E-state index in [0.717, 1.165) is 5.56 Å². The second-order valence-electron chi connectivity index (χ2n) is 5.02. The molecule has 2 rings (SSSR count). The molecule has 0 saturated carbocycles. The van der Waals surface area contributed by atoms with Crippen molar-refractivity contribution in [2.45, 2.75) is 33.0 Å². The smallest absolute Gasteiger partial charge is 0.256 e. The summed E-state index contributed by atoms with van der Waals surface area (Å²) < 4.78 is 11.1. The molecule has 3 N–H and O–H groups in total. The number of hydrogen-bond donors (Lipinski definition) is 2. The van der Waals surface area contributed by atoms with Gasteiger partial charge in [0.15, 0.2) is 6.29 Å². The number of nitrogen functional groups attached to an aromatic ring is 1. The third kappa shape index (κ3) is 4.64. The molecule has 1 aromatic heterocycles. The van der Waals surface area contributed by atoms with Gasteiger partial charge in [-0.3, -0.25) is 9.78 Å². The van der Waals surface area contributed by atoms with E-state index < -0.39 is 0 Å². The number of anilines is 1. The minimum Gasteiger partial charge on any atom is -0.369 e. The maximum absolute atomic E-state index is 12.3. The second-order valence-corrected chi connectivity index (χ2v) is 5.02. The molecule has 1 heterocycles. The van der Waals surface area contributed by atoms with Crippen molar-refractivity contribution in [3.63, 3.8) is 0 Å². The van der Waals surface area contributed by atoms with Crippen LogP contribution in [-0.2, 0) is 15.9 Å². The number of aromatic amines is 1. The van der Waals surface area contributed by atoms with Gasteiger partial charge in [-0.2, -0.15) is 0 Å². The lowest BCUT2D eigenvalue weighted by atomic mass is 10.0. The van der Waals surface area contributed by atoms with Gasteiger partial charge in [0.1, 0.15) is 0 Å². The fraction of sp³-hybridized carbons (Fsp3) is 0.412. The fourth-order valence-electron chi connectivity index (χ4n) is 2.43. The zero-order chi connectivity index (χ0) is 16.7. The Morgan fingerprint density at radius 3 is 2.43 bits per heavy atom. The van der Waals surface area contributed by atoms with Crippen molar-refractivity contribution in [2.75, 3.05) is 18.9 Å². The quantitative estimate of drug-likeness (QED) is 0.729. The van der Waals surface area contributed by atoms with Gasteiger partial charge in [0.25, 0.3) is 5.56 Å². The second kappa shape index (κ2) is 8.45. The van der Waals surface area contributed by atoms with Crippen LogP contribution in [-0.4, -0.2) is 29.5 Å². The van der Waals surface area contributed by atoms with Crippen molar-refractivity contribution in [3.8, 4) is 11.3 Å².